The fourth-order valence-electron chi connectivity index (χ4n) is 4.60. The van der Waals surface area contributed by atoms with Gasteiger partial charge in [0, 0.05) is 5.56 Å². The number of halogens is 1. The summed E-state index contributed by atoms with van der Waals surface area (Å²) < 4.78 is 59.9. The van der Waals surface area contributed by atoms with Crippen LogP contribution in [0.3, 0.4) is 0 Å². The molecule has 0 fully saturated rings. The number of methoxy groups -OCH3 is 2. The molecule has 2 aliphatic rings. The highest BCUT2D eigenvalue weighted by atomic mass is 32.2. The van der Waals surface area contributed by atoms with Crippen LogP contribution in [-0.2, 0) is 21.3 Å². The summed E-state index contributed by atoms with van der Waals surface area (Å²) in [5.74, 6) is -0.814. The van der Waals surface area contributed by atoms with Crippen molar-refractivity contribution in [1.82, 2.24) is 0 Å². The van der Waals surface area contributed by atoms with Crippen molar-refractivity contribution < 1.29 is 27.0 Å². The van der Waals surface area contributed by atoms with Gasteiger partial charge in [0.15, 0.2) is 17.3 Å². The minimum atomic E-state index is -4.26. The zero-order chi connectivity index (χ0) is 26.3. The van der Waals surface area contributed by atoms with Gasteiger partial charge in [-0.25, -0.2) is 12.8 Å². The molecule has 1 atom stereocenters. The molecule has 10 heteroatoms. The number of nitrogens with two attached hydrogens (primary N) is 1. The van der Waals surface area contributed by atoms with E-state index < -0.39 is 21.8 Å². The third-order valence-corrected chi connectivity index (χ3v) is 8.22. The number of fused-ring (bicyclic) bond motifs is 2. The molecule has 0 bridgehead atoms. The molecule has 0 amide bonds. The standard InChI is InChI=1S/C27H22FN3O5S/c1-34-22-12-9-17(13-23(22)35-2)24-20(14-29)27(30)36-25-19-5-3-4-6-21(19)31(37(32,33)26(24)25)15-16-7-10-18(28)11-8-16/h3-13,24H,15,30H2,1-2H3. The average Bonchev–Trinajstić information content (AvgIpc) is 2.91. The molecule has 8 nitrogen and oxygen atoms in total. The summed E-state index contributed by atoms with van der Waals surface area (Å²) in [6.07, 6.45) is 0. The Morgan fingerprint density at radius 1 is 1.05 bits per heavy atom. The number of sulfonamides is 1. The van der Waals surface area contributed by atoms with E-state index in [9.17, 15) is 18.1 Å². The van der Waals surface area contributed by atoms with Gasteiger partial charge in [0.25, 0.3) is 10.0 Å². The van der Waals surface area contributed by atoms with E-state index in [2.05, 4.69) is 0 Å². The fraction of sp³-hybridized carbons (Fsp3) is 0.148. The molecule has 188 valence electrons. The molecule has 5 rings (SSSR count). The number of ether oxygens (including phenoxy) is 3. The van der Waals surface area contributed by atoms with Gasteiger partial charge in [0.05, 0.1) is 32.4 Å². The van der Waals surface area contributed by atoms with Crippen molar-refractivity contribution in [2.24, 2.45) is 5.73 Å². The van der Waals surface area contributed by atoms with E-state index in [0.717, 1.165) is 0 Å². The molecular formula is C27H22FN3O5S. The molecule has 37 heavy (non-hydrogen) atoms. The van der Waals surface area contributed by atoms with Crippen molar-refractivity contribution in [2.75, 3.05) is 18.5 Å². The van der Waals surface area contributed by atoms with Crippen molar-refractivity contribution >= 4 is 21.5 Å². The van der Waals surface area contributed by atoms with Crippen LogP contribution in [0.15, 0.2) is 83.1 Å². The van der Waals surface area contributed by atoms with Crippen LogP contribution >= 0.6 is 0 Å². The lowest BCUT2D eigenvalue weighted by molar-refractivity contribution is 0.352. The van der Waals surface area contributed by atoms with Gasteiger partial charge >= 0.3 is 0 Å². The van der Waals surface area contributed by atoms with Gasteiger partial charge in [-0.3, -0.25) is 4.31 Å². The first-order chi connectivity index (χ1) is 17.8. The summed E-state index contributed by atoms with van der Waals surface area (Å²) >= 11 is 0. The summed E-state index contributed by atoms with van der Waals surface area (Å²) in [6.45, 7) is -0.0594. The van der Waals surface area contributed by atoms with Crippen molar-refractivity contribution in [1.29, 1.82) is 5.26 Å². The summed E-state index contributed by atoms with van der Waals surface area (Å²) in [5, 5.41) is 10.0. The quantitative estimate of drug-likeness (QED) is 0.532. The largest absolute Gasteiger partial charge is 0.493 e. The van der Waals surface area contributed by atoms with Crippen LogP contribution in [0.1, 0.15) is 22.6 Å². The Balaban J connectivity index is 1.75. The van der Waals surface area contributed by atoms with Gasteiger partial charge in [-0.05, 0) is 47.5 Å². The number of rotatable bonds is 5. The molecule has 0 saturated carbocycles. The topological polar surface area (TPSA) is 115 Å². The molecular weight excluding hydrogens is 497 g/mol. The predicted molar refractivity (Wildman–Crippen MR) is 135 cm³/mol. The van der Waals surface area contributed by atoms with Gasteiger partial charge in [0.2, 0.25) is 5.88 Å². The van der Waals surface area contributed by atoms with Crippen LogP contribution in [0.25, 0.3) is 5.76 Å². The van der Waals surface area contributed by atoms with Gasteiger partial charge in [-0.2, -0.15) is 5.26 Å². The van der Waals surface area contributed by atoms with Crippen LogP contribution in [0, 0.1) is 17.1 Å². The molecule has 3 aromatic rings. The maximum Gasteiger partial charge on any atom is 0.265 e. The zero-order valence-electron chi connectivity index (χ0n) is 19.9. The van der Waals surface area contributed by atoms with E-state index in [-0.39, 0.29) is 28.7 Å². The summed E-state index contributed by atoms with van der Waals surface area (Å²) in [6, 6.07) is 19.4. The third kappa shape index (κ3) is 3.93. The molecule has 2 aliphatic heterocycles. The van der Waals surface area contributed by atoms with Crippen LogP contribution < -0.4 is 19.5 Å². The monoisotopic (exact) mass is 519 g/mol. The zero-order valence-corrected chi connectivity index (χ0v) is 20.8. The third-order valence-electron chi connectivity index (χ3n) is 6.34. The molecule has 3 aromatic carbocycles. The van der Waals surface area contributed by atoms with Crippen molar-refractivity contribution in [3.8, 4) is 17.6 Å². The molecule has 0 saturated heterocycles. The fourth-order valence-corrected chi connectivity index (χ4v) is 6.51. The maximum absolute atomic E-state index is 14.3. The Morgan fingerprint density at radius 3 is 2.43 bits per heavy atom. The number of hydrogen-bond donors (Lipinski definition) is 1. The molecule has 1 unspecified atom stereocenters. The van der Waals surface area contributed by atoms with Crippen molar-refractivity contribution in [3.63, 3.8) is 0 Å². The lowest BCUT2D eigenvalue weighted by Crippen LogP contribution is -2.39. The average molecular weight is 520 g/mol. The van der Waals surface area contributed by atoms with Gasteiger partial charge < -0.3 is 19.9 Å². The molecule has 2 N–H and O–H groups in total. The van der Waals surface area contributed by atoms with Gasteiger partial charge in [0.1, 0.15) is 22.4 Å². The molecule has 0 aliphatic carbocycles. The van der Waals surface area contributed by atoms with Crippen LogP contribution in [0.5, 0.6) is 11.5 Å². The Bertz CT molecular complexity index is 1610. The smallest absolute Gasteiger partial charge is 0.265 e. The summed E-state index contributed by atoms with van der Waals surface area (Å²) in [5.41, 5.74) is 8.04. The van der Waals surface area contributed by atoms with Crippen LogP contribution in [0.4, 0.5) is 10.1 Å². The summed E-state index contributed by atoms with van der Waals surface area (Å²) in [4.78, 5) is -0.119. The highest BCUT2D eigenvalue weighted by Gasteiger charge is 2.47. The second-order valence-electron chi connectivity index (χ2n) is 8.39. The number of benzene rings is 3. The van der Waals surface area contributed by atoms with E-state index in [1.807, 2.05) is 6.07 Å². The van der Waals surface area contributed by atoms with E-state index in [1.165, 1.54) is 42.8 Å². The van der Waals surface area contributed by atoms with E-state index in [0.29, 0.717) is 33.9 Å². The molecule has 0 radical (unpaired) electrons. The number of hydrogen-bond acceptors (Lipinski definition) is 7. The Hall–Kier alpha value is -4.49. The molecule has 2 heterocycles. The normalized spacial score (nSPS) is 17.9. The highest BCUT2D eigenvalue weighted by molar-refractivity contribution is 7.96. The van der Waals surface area contributed by atoms with Crippen LogP contribution in [-0.4, -0.2) is 22.6 Å². The maximum atomic E-state index is 14.3. The van der Waals surface area contributed by atoms with Crippen LogP contribution in [0.2, 0.25) is 0 Å². The Morgan fingerprint density at radius 2 is 1.76 bits per heavy atom. The highest BCUT2D eigenvalue weighted by Crippen LogP contribution is 2.52. The minimum absolute atomic E-state index is 0.0457. The second-order valence-corrected chi connectivity index (χ2v) is 10.2. The Labute approximate surface area is 213 Å². The predicted octanol–water partition coefficient (Wildman–Crippen LogP) is 4.37. The van der Waals surface area contributed by atoms with E-state index >= 15 is 0 Å². The first-order valence-electron chi connectivity index (χ1n) is 11.2. The SMILES string of the molecule is COc1ccc(C2C(C#N)=C(N)OC3=C2S(=O)(=O)N(Cc2ccc(F)cc2)c2ccccc23)cc1OC. The lowest BCUT2D eigenvalue weighted by atomic mass is 9.88. The Kier molecular flexibility index (Phi) is 6.01. The molecule has 0 spiro atoms. The first kappa shape index (κ1) is 24.2. The number of allylic oxidation sites excluding steroid dienone is 2. The van der Waals surface area contributed by atoms with Crippen molar-refractivity contribution in [2.45, 2.75) is 12.5 Å². The number of nitriles is 1. The first-order valence-corrected chi connectivity index (χ1v) is 12.6. The minimum Gasteiger partial charge on any atom is -0.493 e. The van der Waals surface area contributed by atoms with Crippen molar-refractivity contribution in [3.05, 3.63) is 106 Å². The van der Waals surface area contributed by atoms with Gasteiger partial charge in [-0.1, -0.05) is 30.3 Å². The summed E-state index contributed by atoms with van der Waals surface area (Å²) in [7, 11) is -1.31. The second kappa shape index (κ2) is 9.19. The molecule has 0 aromatic heterocycles. The van der Waals surface area contributed by atoms with Gasteiger partial charge in [-0.15, -0.1) is 0 Å². The van der Waals surface area contributed by atoms with E-state index in [4.69, 9.17) is 19.9 Å². The lowest BCUT2D eigenvalue weighted by Gasteiger charge is -2.38. The number of anilines is 1. The van der Waals surface area contributed by atoms with E-state index in [1.54, 1.807) is 42.5 Å². The number of nitrogens with zero attached hydrogens (tertiary/aromatic N) is 2. The number of para-hydroxylation sites is 1.